The maximum atomic E-state index is 12.4. The number of nitrogens with one attached hydrogen (secondary N) is 2. The molecule has 2 amide bonds. The van der Waals surface area contributed by atoms with Crippen molar-refractivity contribution in [3.63, 3.8) is 0 Å². The molecule has 1 aliphatic rings. The molecular formula is C22H16ClN3O4. The van der Waals surface area contributed by atoms with Crippen LogP contribution in [0.2, 0.25) is 5.02 Å². The molecule has 0 radical (unpaired) electrons. The Morgan fingerprint density at radius 3 is 2.50 bits per heavy atom. The molecule has 150 valence electrons. The first-order valence-electron chi connectivity index (χ1n) is 8.98. The molecule has 0 saturated heterocycles. The fraction of sp³-hybridized carbons (Fsp3) is 0.0455. The van der Waals surface area contributed by atoms with Crippen molar-refractivity contribution in [3.05, 3.63) is 88.4 Å². The van der Waals surface area contributed by atoms with Gasteiger partial charge in [0.15, 0.2) is 11.5 Å². The first kappa shape index (κ1) is 19.5. The van der Waals surface area contributed by atoms with Gasteiger partial charge < -0.3 is 14.8 Å². The van der Waals surface area contributed by atoms with Crippen LogP contribution in [0.25, 0.3) is 0 Å². The molecule has 30 heavy (non-hydrogen) atoms. The molecule has 0 spiro atoms. The Bertz CT molecular complexity index is 1150. The van der Waals surface area contributed by atoms with Crippen molar-refractivity contribution in [2.75, 3.05) is 12.1 Å². The molecule has 0 atom stereocenters. The van der Waals surface area contributed by atoms with Gasteiger partial charge in [-0.2, -0.15) is 5.10 Å². The quantitative estimate of drug-likeness (QED) is 0.479. The number of nitrogens with zero attached hydrogens (tertiary/aromatic N) is 1. The van der Waals surface area contributed by atoms with Gasteiger partial charge in [0.1, 0.15) is 0 Å². The third-order valence-corrected chi connectivity index (χ3v) is 4.48. The Morgan fingerprint density at radius 2 is 1.67 bits per heavy atom. The third kappa shape index (κ3) is 4.59. The van der Waals surface area contributed by atoms with E-state index in [4.69, 9.17) is 21.1 Å². The number of hydrogen-bond donors (Lipinski definition) is 2. The van der Waals surface area contributed by atoms with Crippen molar-refractivity contribution in [2.45, 2.75) is 0 Å². The highest BCUT2D eigenvalue weighted by molar-refractivity contribution is 6.31. The smallest absolute Gasteiger partial charge is 0.271 e. The predicted octanol–water partition coefficient (Wildman–Crippen LogP) is 4.08. The van der Waals surface area contributed by atoms with Crippen molar-refractivity contribution in [2.24, 2.45) is 5.10 Å². The molecule has 3 aromatic carbocycles. The summed E-state index contributed by atoms with van der Waals surface area (Å²) in [6.45, 7) is 0.191. The maximum Gasteiger partial charge on any atom is 0.271 e. The summed E-state index contributed by atoms with van der Waals surface area (Å²) < 4.78 is 10.6. The van der Waals surface area contributed by atoms with Gasteiger partial charge in [0.05, 0.1) is 6.21 Å². The van der Waals surface area contributed by atoms with Crippen molar-refractivity contribution < 1.29 is 19.1 Å². The second-order valence-electron chi connectivity index (χ2n) is 6.36. The van der Waals surface area contributed by atoms with Crippen LogP contribution in [0.4, 0.5) is 5.69 Å². The van der Waals surface area contributed by atoms with Crippen LogP contribution in [0.5, 0.6) is 11.5 Å². The fourth-order valence-electron chi connectivity index (χ4n) is 2.79. The van der Waals surface area contributed by atoms with E-state index in [1.54, 1.807) is 66.7 Å². The van der Waals surface area contributed by atoms with E-state index >= 15 is 0 Å². The van der Waals surface area contributed by atoms with Crippen molar-refractivity contribution in [1.29, 1.82) is 0 Å². The van der Waals surface area contributed by atoms with Crippen LogP contribution in [-0.4, -0.2) is 24.8 Å². The van der Waals surface area contributed by atoms with E-state index in [2.05, 4.69) is 15.8 Å². The van der Waals surface area contributed by atoms with Gasteiger partial charge in [-0.05, 0) is 60.2 Å². The lowest BCUT2D eigenvalue weighted by Gasteiger charge is -2.07. The number of hydrogen-bond acceptors (Lipinski definition) is 5. The summed E-state index contributed by atoms with van der Waals surface area (Å²) in [7, 11) is 0. The van der Waals surface area contributed by atoms with Gasteiger partial charge >= 0.3 is 0 Å². The highest BCUT2D eigenvalue weighted by atomic mass is 35.5. The Hall–Kier alpha value is -3.84. The fourth-order valence-corrected chi connectivity index (χ4v) is 2.98. The highest BCUT2D eigenvalue weighted by Crippen LogP contribution is 2.31. The average molecular weight is 422 g/mol. The van der Waals surface area contributed by atoms with Gasteiger partial charge in [0.25, 0.3) is 11.8 Å². The van der Waals surface area contributed by atoms with Crippen LogP contribution in [0.3, 0.4) is 0 Å². The van der Waals surface area contributed by atoms with E-state index in [1.165, 1.54) is 6.21 Å². The number of carbonyl (C=O) groups excluding carboxylic acids is 2. The van der Waals surface area contributed by atoms with E-state index < -0.39 is 5.91 Å². The summed E-state index contributed by atoms with van der Waals surface area (Å²) in [6, 6.07) is 18.5. The minimum Gasteiger partial charge on any atom is -0.454 e. The minimum atomic E-state index is -0.411. The number of carbonyl (C=O) groups is 2. The third-order valence-electron chi connectivity index (χ3n) is 4.25. The zero-order chi connectivity index (χ0) is 20.9. The molecule has 0 saturated carbocycles. The summed E-state index contributed by atoms with van der Waals surface area (Å²) in [4.78, 5) is 24.7. The largest absolute Gasteiger partial charge is 0.454 e. The van der Waals surface area contributed by atoms with Crippen LogP contribution < -0.4 is 20.2 Å². The lowest BCUT2D eigenvalue weighted by Crippen LogP contribution is -2.18. The Kier molecular flexibility index (Phi) is 5.63. The maximum absolute atomic E-state index is 12.4. The normalized spacial score (nSPS) is 12.0. The zero-order valence-corrected chi connectivity index (χ0v) is 16.3. The molecular weight excluding hydrogens is 406 g/mol. The molecule has 8 heteroatoms. The lowest BCUT2D eigenvalue weighted by molar-refractivity contribution is 0.0953. The first-order chi connectivity index (χ1) is 14.6. The summed E-state index contributed by atoms with van der Waals surface area (Å²) in [5.41, 5.74) is 4.46. The van der Waals surface area contributed by atoms with Gasteiger partial charge in [-0.1, -0.05) is 23.7 Å². The van der Waals surface area contributed by atoms with Gasteiger partial charge in [-0.15, -0.1) is 0 Å². The Labute approximate surface area is 177 Å². The summed E-state index contributed by atoms with van der Waals surface area (Å²) in [5.74, 6) is 0.572. The number of rotatable bonds is 5. The van der Waals surface area contributed by atoms with Gasteiger partial charge in [-0.25, -0.2) is 5.43 Å². The van der Waals surface area contributed by atoms with E-state index in [9.17, 15) is 9.59 Å². The molecule has 0 aliphatic carbocycles. The number of halogens is 1. The molecule has 1 heterocycles. The number of fused-ring (bicyclic) bond motifs is 1. The number of anilines is 1. The summed E-state index contributed by atoms with van der Waals surface area (Å²) in [6.07, 6.45) is 1.50. The standard InChI is InChI=1S/C22H16ClN3O4/c23-17-5-1-3-15(10-17)21(27)25-18-6-2-4-16(11-18)22(28)26-24-12-14-7-8-19-20(9-14)30-13-29-19/h1-12H,13H2,(H,25,27)(H,26,28)/b24-12-. The average Bonchev–Trinajstić information content (AvgIpc) is 3.22. The van der Waals surface area contributed by atoms with Gasteiger partial charge in [0.2, 0.25) is 6.79 Å². The molecule has 0 aromatic heterocycles. The summed E-state index contributed by atoms with van der Waals surface area (Å²) in [5, 5.41) is 7.18. The molecule has 2 N–H and O–H groups in total. The number of ether oxygens (including phenoxy) is 2. The molecule has 4 rings (SSSR count). The van der Waals surface area contributed by atoms with Crippen molar-refractivity contribution in [3.8, 4) is 11.5 Å². The number of hydrazone groups is 1. The minimum absolute atomic E-state index is 0.191. The predicted molar refractivity (Wildman–Crippen MR) is 113 cm³/mol. The monoisotopic (exact) mass is 421 g/mol. The highest BCUT2D eigenvalue weighted by Gasteiger charge is 2.13. The Morgan fingerprint density at radius 1 is 0.900 bits per heavy atom. The van der Waals surface area contributed by atoms with Crippen LogP contribution in [-0.2, 0) is 0 Å². The van der Waals surface area contributed by atoms with Crippen LogP contribution in [0.15, 0.2) is 71.8 Å². The van der Waals surface area contributed by atoms with Gasteiger partial charge in [0, 0.05) is 21.8 Å². The van der Waals surface area contributed by atoms with E-state index in [1.807, 2.05) is 0 Å². The molecule has 0 fully saturated rings. The zero-order valence-electron chi connectivity index (χ0n) is 15.6. The molecule has 0 bridgehead atoms. The topological polar surface area (TPSA) is 89.0 Å². The van der Waals surface area contributed by atoms with Gasteiger partial charge in [-0.3, -0.25) is 9.59 Å². The summed E-state index contributed by atoms with van der Waals surface area (Å²) >= 11 is 5.92. The van der Waals surface area contributed by atoms with E-state index in [0.29, 0.717) is 33.3 Å². The van der Waals surface area contributed by atoms with Crippen LogP contribution in [0.1, 0.15) is 26.3 Å². The van der Waals surface area contributed by atoms with Crippen molar-refractivity contribution >= 4 is 35.3 Å². The molecule has 0 unspecified atom stereocenters. The molecule has 7 nitrogen and oxygen atoms in total. The second kappa shape index (κ2) is 8.67. The second-order valence-corrected chi connectivity index (χ2v) is 6.79. The first-order valence-corrected chi connectivity index (χ1v) is 9.36. The van der Waals surface area contributed by atoms with Crippen LogP contribution >= 0.6 is 11.6 Å². The number of amides is 2. The Balaban J connectivity index is 1.39. The van der Waals surface area contributed by atoms with Crippen molar-refractivity contribution in [1.82, 2.24) is 5.43 Å². The SMILES string of the molecule is O=C(N/N=C\c1ccc2c(c1)OCO2)c1cccc(NC(=O)c2cccc(Cl)c2)c1. The van der Waals surface area contributed by atoms with Crippen LogP contribution in [0, 0.1) is 0 Å². The molecule has 1 aliphatic heterocycles. The number of benzene rings is 3. The molecule has 3 aromatic rings. The van der Waals surface area contributed by atoms with E-state index in [-0.39, 0.29) is 12.7 Å². The van der Waals surface area contributed by atoms with E-state index in [0.717, 1.165) is 5.56 Å². The lowest BCUT2D eigenvalue weighted by atomic mass is 10.1.